The molecule has 0 amide bonds. The Balaban J connectivity index is 2.60. The SMILES string of the molecule is CCNCC(O)COc1ccc(C(C)(C)C)cc1C. The van der Waals surface area contributed by atoms with Crippen molar-refractivity contribution in [2.45, 2.75) is 46.1 Å². The summed E-state index contributed by atoms with van der Waals surface area (Å²) < 4.78 is 5.67. The Morgan fingerprint density at radius 3 is 2.53 bits per heavy atom. The molecule has 0 aliphatic rings. The van der Waals surface area contributed by atoms with E-state index in [1.54, 1.807) is 0 Å². The smallest absolute Gasteiger partial charge is 0.122 e. The monoisotopic (exact) mass is 265 g/mol. The van der Waals surface area contributed by atoms with E-state index < -0.39 is 6.10 Å². The van der Waals surface area contributed by atoms with Crippen LogP contribution < -0.4 is 10.1 Å². The van der Waals surface area contributed by atoms with E-state index in [0.29, 0.717) is 13.2 Å². The summed E-state index contributed by atoms with van der Waals surface area (Å²) in [6.45, 7) is 12.4. The van der Waals surface area contributed by atoms with Crippen LogP contribution >= 0.6 is 0 Å². The minimum atomic E-state index is -0.471. The molecule has 1 aromatic rings. The number of aliphatic hydroxyl groups excluding tert-OH is 1. The summed E-state index contributed by atoms with van der Waals surface area (Å²) in [7, 11) is 0. The average Bonchev–Trinajstić information content (AvgIpc) is 2.33. The van der Waals surface area contributed by atoms with Crippen molar-refractivity contribution in [2.75, 3.05) is 19.7 Å². The summed E-state index contributed by atoms with van der Waals surface area (Å²) >= 11 is 0. The fourth-order valence-electron chi connectivity index (χ4n) is 1.83. The van der Waals surface area contributed by atoms with E-state index in [4.69, 9.17) is 4.74 Å². The van der Waals surface area contributed by atoms with Crippen LogP contribution in [0.5, 0.6) is 5.75 Å². The number of hydrogen-bond donors (Lipinski definition) is 2. The van der Waals surface area contributed by atoms with Gasteiger partial charge >= 0.3 is 0 Å². The van der Waals surface area contributed by atoms with Gasteiger partial charge in [0.2, 0.25) is 0 Å². The summed E-state index contributed by atoms with van der Waals surface area (Å²) in [4.78, 5) is 0. The lowest BCUT2D eigenvalue weighted by molar-refractivity contribution is 0.106. The van der Waals surface area contributed by atoms with Gasteiger partial charge in [-0.05, 0) is 36.1 Å². The van der Waals surface area contributed by atoms with Crippen LogP contribution in [0.4, 0.5) is 0 Å². The van der Waals surface area contributed by atoms with Crippen LogP contribution in [-0.4, -0.2) is 30.9 Å². The highest BCUT2D eigenvalue weighted by atomic mass is 16.5. The van der Waals surface area contributed by atoms with Crippen molar-refractivity contribution in [1.29, 1.82) is 0 Å². The summed E-state index contributed by atoms with van der Waals surface area (Å²) in [5, 5.41) is 12.8. The number of ether oxygens (including phenoxy) is 1. The van der Waals surface area contributed by atoms with E-state index in [1.165, 1.54) is 5.56 Å². The maximum Gasteiger partial charge on any atom is 0.122 e. The predicted octanol–water partition coefficient (Wildman–Crippen LogP) is 2.64. The van der Waals surface area contributed by atoms with E-state index in [-0.39, 0.29) is 5.41 Å². The molecule has 3 nitrogen and oxygen atoms in total. The fourth-order valence-corrected chi connectivity index (χ4v) is 1.83. The molecule has 1 unspecified atom stereocenters. The summed E-state index contributed by atoms with van der Waals surface area (Å²) in [6, 6.07) is 6.25. The Bertz CT molecular complexity index is 396. The van der Waals surface area contributed by atoms with Crippen molar-refractivity contribution >= 4 is 0 Å². The van der Waals surface area contributed by atoms with Crippen molar-refractivity contribution in [3.63, 3.8) is 0 Å². The Morgan fingerprint density at radius 1 is 1.32 bits per heavy atom. The molecule has 0 fully saturated rings. The quantitative estimate of drug-likeness (QED) is 0.831. The first-order valence-electron chi connectivity index (χ1n) is 6.97. The van der Waals surface area contributed by atoms with Gasteiger partial charge in [0, 0.05) is 6.54 Å². The summed E-state index contributed by atoms with van der Waals surface area (Å²) in [6.07, 6.45) is -0.471. The van der Waals surface area contributed by atoms with Crippen LogP contribution in [-0.2, 0) is 5.41 Å². The molecule has 19 heavy (non-hydrogen) atoms. The standard InChI is InChI=1S/C16H27NO2/c1-6-17-10-14(18)11-19-15-8-7-13(9-12(15)2)16(3,4)5/h7-9,14,17-18H,6,10-11H2,1-5H3. The number of likely N-dealkylation sites (N-methyl/N-ethyl adjacent to an activating group) is 1. The van der Waals surface area contributed by atoms with Crippen molar-refractivity contribution in [3.8, 4) is 5.75 Å². The molecule has 0 aliphatic heterocycles. The van der Waals surface area contributed by atoms with Crippen LogP contribution in [0.2, 0.25) is 0 Å². The molecule has 0 aliphatic carbocycles. The zero-order valence-electron chi connectivity index (χ0n) is 12.8. The molecule has 0 spiro atoms. The third kappa shape index (κ3) is 5.21. The number of hydrogen-bond acceptors (Lipinski definition) is 3. The lowest BCUT2D eigenvalue weighted by Crippen LogP contribution is -2.31. The Morgan fingerprint density at radius 2 is 2.00 bits per heavy atom. The van der Waals surface area contributed by atoms with Gasteiger partial charge in [0.05, 0.1) is 0 Å². The minimum Gasteiger partial charge on any atom is -0.491 e. The second-order valence-corrected chi connectivity index (χ2v) is 6.00. The number of aliphatic hydroxyl groups is 1. The number of nitrogens with one attached hydrogen (secondary N) is 1. The molecule has 0 radical (unpaired) electrons. The minimum absolute atomic E-state index is 0.147. The van der Waals surface area contributed by atoms with Gasteiger partial charge in [-0.1, -0.05) is 39.8 Å². The second kappa shape index (κ2) is 6.92. The zero-order chi connectivity index (χ0) is 14.5. The Labute approximate surface area is 117 Å². The lowest BCUT2D eigenvalue weighted by Gasteiger charge is -2.21. The zero-order valence-corrected chi connectivity index (χ0v) is 12.8. The highest BCUT2D eigenvalue weighted by Crippen LogP contribution is 2.27. The van der Waals surface area contributed by atoms with Gasteiger partial charge in [0.15, 0.2) is 0 Å². The summed E-state index contributed by atoms with van der Waals surface area (Å²) in [5.41, 5.74) is 2.56. The number of aryl methyl sites for hydroxylation is 1. The molecule has 1 aromatic carbocycles. The maximum atomic E-state index is 9.73. The molecular formula is C16H27NO2. The molecule has 2 N–H and O–H groups in total. The molecule has 0 heterocycles. The van der Waals surface area contributed by atoms with Crippen LogP contribution in [0.15, 0.2) is 18.2 Å². The Hall–Kier alpha value is -1.06. The molecule has 0 saturated heterocycles. The molecule has 1 atom stereocenters. The third-order valence-corrected chi connectivity index (χ3v) is 3.10. The molecule has 0 bridgehead atoms. The van der Waals surface area contributed by atoms with Crippen LogP contribution in [0.25, 0.3) is 0 Å². The van der Waals surface area contributed by atoms with Gasteiger partial charge in [-0.25, -0.2) is 0 Å². The maximum absolute atomic E-state index is 9.73. The van der Waals surface area contributed by atoms with E-state index >= 15 is 0 Å². The van der Waals surface area contributed by atoms with Crippen molar-refractivity contribution in [2.24, 2.45) is 0 Å². The van der Waals surface area contributed by atoms with Gasteiger partial charge in [0.25, 0.3) is 0 Å². The summed E-state index contributed by atoms with van der Waals surface area (Å²) in [5.74, 6) is 0.851. The molecule has 108 valence electrons. The van der Waals surface area contributed by atoms with Crippen LogP contribution in [0, 0.1) is 6.92 Å². The molecular weight excluding hydrogens is 238 g/mol. The van der Waals surface area contributed by atoms with Gasteiger partial charge in [-0.15, -0.1) is 0 Å². The molecule has 0 aromatic heterocycles. The van der Waals surface area contributed by atoms with Gasteiger partial charge in [-0.3, -0.25) is 0 Å². The van der Waals surface area contributed by atoms with Gasteiger partial charge in [0.1, 0.15) is 18.5 Å². The largest absolute Gasteiger partial charge is 0.491 e. The van der Waals surface area contributed by atoms with E-state index in [0.717, 1.165) is 17.9 Å². The van der Waals surface area contributed by atoms with Gasteiger partial charge in [-0.2, -0.15) is 0 Å². The molecule has 1 rings (SSSR count). The van der Waals surface area contributed by atoms with Crippen LogP contribution in [0.1, 0.15) is 38.8 Å². The third-order valence-electron chi connectivity index (χ3n) is 3.10. The van der Waals surface area contributed by atoms with Crippen molar-refractivity contribution < 1.29 is 9.84 Å². The Kier molecular flexibility index (Phi) is 5.83. The number of benzene rings is 1. The first kappa shape index (κ1) is 16.0. The van der Waals surface area contributed by atoms with Gasteiger partial charge < -0.3 is 15.2 Å². The van der Waals surface area contributed by atoms with Crippen LogP contribution in [0.3, 0.4) is 0 Å². The van der Waals surface area contributed by atoms with Crippen molar-refractivity contribution in [3.05, 3.63) is 29.3 Å². The average molecular weight is 265 g/mol. The predicted molar refractivity (Wildman–Crippen MR) is 79.9 cm³/mol. The molecule has 3 heteroatoms. The van der Waals surface area contributed by atoms with E-state index in [1.807, 2.05) is 19.9 Å². The fraction of sp³-hybridized carbons (Fsp3) is 0.625. The number of rotatable bonds is 6. The highest BCUT2D eigenvalue weighted by molar-refractivity contribution is 5.38. The van der Waals surface area contributed by atoms with E-state index in [2.05, 4.69) is 38.2 Å². The lowest BCUT2D eigenvalue weighted by atomic mass is 9.86. The first-order chi connectivity index (χ1) is 8.84. The second-order valence-electron chi connectivity index (χ2n) is 6.00. The first-order valence-corrected chi connectivity index (χ1v) is 6.97. The normalized spacial score (nSPS) is 13.4. The highest BCUT2D eigenvalue weighted by Gasteiger charge is 2.15. The molecule has 0 saturated carbocycles. The van der Waals surface area contributed by atoms with Crippen molar-refractivity contribution in [1.82, 2.24) is 5.32 Å². The topological polar surface area (TPSA) is 41.5 Å². The van der Waals surface area contributed by atoms with E-state index in [9.17, 15) is 5.11 Å².